The van der Waals surface area contributed by atoms with Gasteiger partial charge in [0, 0.05) is 32.3 Å². The van der Waals surface area contributed by atoms with Gasteiger partial charge in [-0.3, -0.25) is 0 Å². The Hall–Kier alpha value is -1.62. The van der Waals surface area contributed by atoms with Crippen molar-refractivity contribution in [3.63, 3.8) is 0 Å². The molecule has 0 aliphatic carbocycles. The van der Waals surface area contributed by atoms with Gasteiger partial charge in [-0.25, -0.2) is 0 Å². The molecule has 0 bridgehead atoms. The second-order valence-corrected chi connectivity index (χ2v) is 5.56. The molecule has 0 radical (unpaired) electrons. The van der Waals surface area contributed by atoms with Crippen LogP contribution >= 0.6 is 0 Å². The van der Waals surface area contributed by atoms with Gasteiger partial charge < -0.3 is 25.0 Å². The van der Waals surface area contributed by atoms with Gasteiger partial charge in [-0.05, 0) is 25.9 Å². The van der Waals surface area contributed by atoms with Crippen LogP contribution in [0.15, 0.2) is 12.1 Å². The third kappa shape index (κ3) is 3.10. The predicted octanol–water partition coefficient (Wildman–Crippen LogP) is 1.67. The van der Waals surface area contributed by atoms with Gasteiger partial charge in [0.2, 0.25) is 0 Å². The maximum absolute atomic E-state index is 6.14. The highest BCUT2D eigenvalue weighted by molar-refractivity contribution is 5.73. The van der Waals surface area contributed by atoms with Crippen molar-refractivity contribution in [2.45, 2.75) is 6.42 Å². The molecular formula is C15H25N3O2. The molecule has 0 aromatic heterocycles. The van der Waals surface area contributed by atoms with E-state index < -0.39 is 0 Å². The van der Waals surface area contributed by atoms with Gasteiger partial charge in [0.25, 0.3) is 0 Å². The number of methoxy groups -OCH3 is 2. The van der Waals surface area contributed by atoms with Gasteiger partial charge in [0.15, 0.2) is 11.5 Å². The monoisotopic (exact) mass is 279 g/mol. The Kier molecular flexibility index (Phi) is 4.60. The fraction of sp³-hybridized carbons (Fsp3) is 0.600. The number of nitrogen functional groups attached to an aromatic ring is 1. The summed E-state index contributed by atoms with van der Waals surface area (Å²) in [6.45, 7) is 3.33. The van der Waals surface area contributed by atoms with Crippen LogP contribution in [0.5, 0.6) is 11.5 Å². The zero-order chi connectivity index (χ0) is 14.7. The maximum Gasteiger partial charge on any atom is 0.162 e. The topological polar surface area (TPSA) is 51.0 Å². The maximum atomic E-state index is 6.14. The SMILES string of the molecule is COc1cc(N)c(N(C)CC2CCN(C)C2)cc1OC. The van der Waals surface area contributed by atoms with Crippen molar-refractivity contribution in [3.05, 3.63) is 12.1 Å². The number of nitrogens with zero attached hydrogens (tertiary/aromatic N) is 2. The molecule has 112 valence electrons. The Morgan fingerprint density at radius 1 is 1.30 bits per heavy atom. The van der Waals surface area contributed by atoms with Crippen molar-refractivity contribution in [1.82, 2.24) is 4.90 Å². The fourth-order valence-corrected chi connectivity index (χ4v) is 2.88. The molecule has 1 heterocycles. The Balaban J connectivity index is 2.14. The number of benzene rings is 1. The number of rotatable bonds is 5. The summed E-state index contributed by atoms with van der Waals surface area (Å²) in [4.78, 5) is 4.58. The average molecular weight is 279 g/mol. The lowest BCUT2D eigenvalue weighted by Gasteiger charge is -2.25. The van der Waals surface area contributed by atoms with E-state index in [0.29, 0.717) is 17.4 Å². The normalized spacial score (nSPS) is 19.1. The average Bonchev–Trinajstić information content (AvgIpc) is 2.83. The standard InChI is InChI=1S/C15H25N3O2/c1-17-6-5-11(9-17)10-18(2)13-8-15(20-4)14(19-3)7-12(13)16/h7-8,11H,5-6,9-10,16H2,1-4H3. The molecule has 1 atom stereocenters. The van der Waals surface area contributed by atoms with Gasteiger partial charge >= 0.3 is 0 Å². The highest BCUT2D eigenvalue weighted by atomic mass is 16.5. The molecule has 0 spiro atoms. The zero-order valence-corrected chi connectivity index (χ0v) is 12.8. The van der Waals surface area contributed by atoms with E-state index in [1.165, 1.54) is 13.0 Å². The Bertz CT molecular complexity index is 465. The summed E-state index contributed by atoms with van der Waals surface area (Å²) >= 11 is 0. The van der Waals surface area contributed by atoms with Gasteiger partial charge in [0.1, 0.15) is 0 Å². The van der Waals surface area contributed by atoms with Crippen molar-refractivity contribution < 1.29 is 9.47 Å². The summed E-state index contributed by atoms with van der Waals surface area (Å²) in [5.74, 6) is 2.08. The molecule has 1 aromatic carbocycles. The summed E-state index contributed by atoms with van der Waals surface area (Å²) < 4.78 is 10.6. The summed E-state index contributed by atoms with van der Waals surface area (Å²) in [7, 11) is 7.51. The van der Waals surface area contributed by atoms with Crippen molar-refractivity contribution in [2.24, 2.45) is 5.92 Å². The second-order valence-electron chi connectivity index (χ2n) is 5.56. The predicted molar refractivity (Wildman–Crippen MR) is 82.8 cm³/mol. The van der Waals surface area contributed by atoms with Crippen LogP contribution in [0, 0.1) is 5.92 Å². The van der Waals surface area contributed by atoms with Crippen molar-refractivity contribution >= 4 is 11.4 Å². The van der Waals surface area contributed by atoms with E-state index in [-0.39, 0.29) is 0 Å². The lowest BCUT2D eigenvalue weighted by atomic mass is 10.1. The van der Waals surface area contributed by atoms with Crippen LogP contribution in [0.4, 0.5) is 11.4 Å². The van der Waals surface area contributed by atoms with Crippen LogP contribution in [0.2, 0.25) is 0 Å². The van der Waals surface area contributed by atoms with Crippen LogP contribution in [-0.4, -0.2) is 52.8 Å². The first kappa shape index (κ1) is 14.8. The number of nitrogens with two attached hydrogens (primary N) is 1. The Morgan fingerprint density at radius 3 is 2.50 bits per heavy atom. The summed E-state index contributed by atoms with van der Waals surface area (Å²) in [6, 6.07) is 3.78. The molecule has 5 nitrogen and oxygen atoms in total. The van der Waals surface area contributed by atoms with E-state index >= 15 is 0 Å². The minimum absolute atomic E-state index is 0.669. The van der Waals surface area contributed by atoms with E-state index in [4.69, 9.17) is 15.2 Å². The van der Waals surface area contributed by atoms with E-state index in [9.17, 15) is 0 Å². The molecule has 1 aliphatic rings. The van der Waals surface area contributed by atoms with Gasteiger partial charge in [-0.15, -0.1) is 0 Å². The van der Waals surface area contributed by atoms with Crippen LogP contribution in [0.25, 0.3) is 0 Å². The van der Waals surface area contributed by atoms with Gasteiger partial charge in [-0.2, -0.15) is 0 Å². The molecule has 0 amide bonds. The summed E-state index contributed by atoms with van der Waals surface area (Å²) in [5.41, 5.74) is 7.85. The molecule has 1 saturated heterocycles. The Morgan fingerprint density at radius 2 is 1.95 bits per heavy atom. The second kappa shape index (κ2) is 6.22. The van der Waals surface area contributed by atoms with Crippen molar-refractivity contribution in [3.8, 4) is 11.5 Å². The minimum atomic E-state index is 0.669. The quantitative estimate of drug-likeness (QED) is 0.831. The minimum Gasteiger partial charge on any atom is -0.493 e. The molecule has 1 aliphatic heterocycles. The number of ether oxygens (including phenoxy) is 2. The molecular weight excluding hydrogens is 254 g/mol. The van der Waals surface area contributed by atoms with Crippen LogP contribution in [0.3, 0.4) is 0 Å². The third-order valence-electron chi connectivity index (χ3n) is 3.97. The fourth-order valence-electron chi connectivity index (χ4n) is 2.88. The zero-order valence-electron chi connectivity index (χ0n) is 12.8. The number of hydrogen-bond acceptors (Lipinski definition) is 5. The highest BCUT2D eigenvalue weighted by Gasteiger charge is 2.22. The van der Waals surface area contributed by atoms with Gasteiger partial charge in [0.05, 0.1) is 25.6 Å². The smallest absolute Gasteiger partial charge is 0.162 e. The van der Waals surface area contributed by atoms with E-state index in [1.54, 1.807) is 14.2 Å². The first-order valence-corrected chi connectivity index (χ1v) is 6.96. The summed E-state index contributed by atoms with van der Waals surface area (Å²) in [5, 5.41) is 0. The largest absolute Gasteiger partial charge is 0.493 e. The molecule has 2 rings (SSSR count). The van der Waals surface area contributed by atoms with Crippen molar-refractivity contribution in [2.75, 3.05) is 58.6 Å². The number of hydrogen-bond donors (Lipinski definition) is 1. The van der Waals surface area contributed by atoms with Crippen LogP contribution in [0.1, 0.15) is 6.42 Å². The summed E-state index contributed by atoms with van der Waals surface area (Å²) in [6.07, 6.45) is 1.24. The van der Waals surface area contributed by atoms with Crippen molar-refractivity contribution in [1.29, 1.82) is 0 Å². The molecule has 1 unspecified atom stereocenters. The molecule has 0 saturated carbocycles. The lowest BCUT2D eigenvalue weighted by Crippen LogP contribution is -2.27. The third-order valence-corrected chi connectivity index (χ3v) is 3.97. The molecule has 2 N–H and O–H groups in total. The van der Waals surface area contributed by atoms with E-state index in [1.807, 2.05) is 12.1 Å². The first-order chi connectivity index (χ1) is 9.55. The molecule has 1 fully saturated rings. The number of likely N-dealkylation sites (tertiary alicyclic amines) is 1. The molecule has 20 heavy (non-hydrogen) atoms. The van der Waals surface area contributed by atoms with E-state index in [2.05, 4.69) is 23.9 Å². The van der Waals surface area contributed by atoms with E-state index in [0.717, 1.165) is 24.5 Å². The molecule has 5 heteroatoms. The van der Waals surface area contributed by atoms with Gasteiger partial charge in [-0.1, -0.05) is 0 Å². The first-order valence-electron chi connectivity index (χ1n) is 6.96. The Labute approximate surface area is 121 Å². The molecule has 1 aromatic rings. The lowest BCUT2D eigenvalue weighted by molar-refractivity contribution is 0.355. The highest BCUT2D eigenvalue weighted by Crippen LogP contribution is 2.36. The number of anilines is 2. The van der Waals surface area contributed by atoms with Crippen LogP contribution < -0.4 is 20.1 Å². The van der Waals surface area contributed by atoms with Crippen LogP contribution in [-0.2, 0) is 0 Å².